The molecule has 2 N–H and O–H groups in total. The average Bonchev–Trinajstić information content (AvgIpc) is 3.28. The fourth-order valence-corrected chi connectivity index (χ4v) is 4.76. The third kappa shape index (κ3) is 7.07. The van der Waals surface area contributed by atoms with Crippen LogP contribution in [-0.4, -0.2) is 72.7 Å². The van der Waals surface area contributed by atoms with E-state index in [9.17, 15) is 19.2 Å². The second-order valence-corrected chi connectivity index (χ2v) is 9.49. The minimum absolute atomic E-state index is 0.0538. The van der Waals surface area contributed by atoms with Gasteiger partial charge in [-0.25, -0.2) is 0 Å². The van der Waals surface area contributed by atoms with Gasteiger partial charge in [0.05, 0.1) is 12.6 Å². The normalized spacial score (nSPS) is 20.7. The Hall–Kier alpha value is -2.38. The van der Waals surface area contributed by atoms with Crippen molar-refractivity contribution in [3.8, 4) is 0 Å². The van der Waals surface area contributed by atoms with Crippen LogP contribution in [0.25, 0.3) is 0 Å². The summed E-state index contributed by atoms with van der Waals surface area (Å²) >= 11 is 0. The van der Waals surface area contributed by atoms with E-state index in [1.807, 2.05) is 13.8 Å². The van der Waals surface area contributed by atoms with Crippen LogP contribution in [0.3, 0.4) is 0 Å². The fourth-order valence-electron chi connectivity index (χ4n) is 4.76. The van der Waals surface area contributed by atoms with Crippen LogP contribution in [-0.2, 0) is 19.2 Å². The standard InChI is InChI=1S/C24H40N4O4/c1-17(2)21(27(4)22(30)15-25-16-29)13-18(3)24(32)28-12-8-11-20(28)23(31)26-14-19-9-6-5-7-10-19/h13,16-17,19-21H,5-12,14-15H2,1-4H3,(H,25,29)(H,26,31)/t20?,21-/m1/s1. The molecular weight excluding hydrogens is 408 g/mol. The maximum Gasteiger partial charge on any atom is 0.249 e. The molecule has 180 valence electrons. The van der Waals surface area contributed by atoms with Crippen LogP contribution >= 0.6 is 0 Å². The number of hydrogen-bond donors (Lipinski definition) is 2. The number of likely N-dealkylation sites (tertiary alicyclic amines) is 1. The van der Waals surface area contributed by atoms with Gasteiger partial charge < -0.3 is 20.4 Å². The van der Waals surface area contributed by atoms with Gasteiger partial charge in [-0.1, -0.05) is 39.2 Å². The SMILES string of the molecule is CC(=C[C@H](C(C)C)N(C)C(=O)CNC=O)C(=O)N1CCCC1C(=O)NCC1CCCCC1. The summed E-state index contributed by atoms with van der Waals surface area (Å²) in [6, 6.07) is -0.718. The minimum atomic E-state index is -0.428. The first kappa shape index (κ1) is 25.9. The molecule has 0 spiro atoms. The quantitative estimate of drug-likeness (QED) is 0.394. The van der Waals surface area contributed by atoms with Gasteiger partial charge in [0.25, 0.3) is 0 Å². The maximum atomic E-state index is 13.2. The lowest BCUT2D eigenvalue weighted by Crippen LogP contribution is -2.47. The van der Waals surface area contributed by atoms with Gasteiger partial charge in [0, 0.05) is 25.7 Å². The molecule has 0 radical (unpaired) electrons. The highest BCUT2D eigenvalue weighted by Gasteiger charge is 2.35. The smallest absolute Gasteiger partial charge is 0.249 e. The second-order valence-electron chi connectivity index (χ2n) is 9.49. The molecule has 0 bridgehead atoms. The van der Waals surface area contributed by atoms with Crippen LogP contribution < -0.4 is 10.6 Å². The fraction of sp³-hybridized carbons (Fsp3) is 0.750. The van der Waals surface area contributed by atoms with Gasteiger partial charge in [-0.05, 0) is 44.4 Å². The summed E-state index contributed by atoms with van der Waals surface area (Å²) in [5.74, 6) is 0.192. The predicted octanol–water partition coefficient (Wildman–Crippen LogP) is 1.85. The van der Waals surface area contributed by atoms with E-state index in [1.54, 1.807) is 29.8 Å². The molecule has 2 atom stereocenters. The molecule has 4 amide bonds. The molecule has 1 aliphatic carbocycles. The van der Waals surface area contributed by atoms with Crippen LogP contribution in [0.4, 0.5) is 0 Å². The number of rotatable bonds is 10. The van der Waals surface area contributed by atoms with Crippen LogP contribution in [0.5, 0.6) is 0 Å². The summed E-state index contributed by atoms with van der Waals surface area (Å²) in [6.07, 6.45) is 9.88. The van der Waals surface area contributed by atoms with Crippen molar-refractivity contribution in [1.29, 1.82) is 0 Å². The number of nitrogens with one attached hydrogen (secondary N) is 2. The van der Waals surface area contributed by atoms with Gasteiger partial charge in [-0.3, -0.25) is 19.2 Å². The van der Waals surface area contributed by atoms with Gasteiger partial charge in [-0.2, -0.15) is 0 Å². The molecular formula is C24H40N4O4. The van der Waals surface area contributed by atoms with E-state index in [0.29, 0.717) is 37.4 Å². The Balaban J connectivity index is 2.02. The zero-order chi connectivity index (χ0) is 23.7. The summed E-state index contributed by atoms with van der Waals surface area (Å²) < 4.78 is 0. The van der Waals surface area contributed by atoms with Gasteiger partial charge in [0.2, 0.25) is 24.1 Å². The number of nitrogens with zero attached hydrogens (tertiary/aromatic N) is 2. The monoisotopic (exact) mass is 448 g/mol. The zero-order valence-electron chi connectivity index (χ0n) is 20.1. The molecule has 8 heteroatoms. The van der Waals surface area contributed by atoms with E-state index in [4.69, 9.17) is 0 Å². The Morgan fingerprint density at radius 2 is 1.78 bits per heavy atom. The molecule has 2 rings (SSSR count). The average molecular weight is 449 g/mol. The van der Waals surface area contributed by atoms with E-state index in [1.165, 1.54) is 32.1 Å². The number of carbonyl (C=O) groups is 4. The zero-order valence-corrected chi connectivity index (χ0v) is 20.1. The van der Waals surface area contributed by atoms with Gasteiger partial charge in [-0.15, -0.1) is 0 Å². The molecule has 0 aromatic heterocycles. The Morgan fingerprint density at radius 3 is 2.41 bits per heavy atom. The number of amides is 4. The van der Waals surface area contributed by atoms with Crippen molar-refractivity contribution >= 4 is 24.1 Å². The van der Waals surface area contributed by atoms with Crippen molar-refractivity contribution < 1.29 is 19.2 Å². The molecule has 0 aromatic rings. The van der Waals surface area contributed by atoms with Crippen LogP contribution in [0.2, 0.25) is 0 Å². The molecule has 8 nitrogen and oxygen atoms in total. The minimum Gasteiger partial charge on any atom is -0.354 e. The van der Waals surface area contributed by atoms with Gasteiger partial charge >= 0.3 is 0 Å². The highest BCUT2D eigenvalue weighted by Crippen LogP contribution is 2.24. The van der Waals surface area contributed by atoms with Gasteiger partial charge in [0.15, 0.2) is 0 Å². The molecule has 32 heavy (non-hydrogen) atoms. The molecule has 1 unspecified atom stereocenters. The summed E-state index contributed by atoms with van der Waals surface area (Å²) in [5, 5.41) is 5.47. The maximum absolute atomic E-state index is 13.2. The summed E-state index contributed by atoms with van der Waals surface area (Å²) in [5.41, 5.74) is 0.527. The first-order chi connectivity index (χ1) is 15.3. The third-order valence-corrected chi connectivity index (χ3v) is 6.72. The molecule has 1 aliphatic heterocycles. The highest BCUT2D eigenvalue weighted by molar-refractivity contribution is 5.97. The highest BCUT2D eigenvalue weighted by atomic mass is 16.2. The Bertz CT molecular complexity index is 700. The van der Waals surface area contributed by atoms with Crippen molar-refractivity contribution in [2.24, 2.45) is 11.8 Å². The van der Waals surface area contributed by atoms with Crippen molar-refractivity contribution in [1.82, 2.24) is 20.4 Å². The lowest BCUT2D eigenvalue weighted by Gasteiger charge is -2.30. The van der Waals surface area contributed by atoms with E-state index < -0.39 is 6.04 Å². The lowest BCUT2D eigenvalue weighted by atomic mass is 9.89. The van der Waals surface area contributed by atoms with Crippen molar-refractivity contribution in [3.63, 3.8) is 0 Å². The number of carbonyl (C=O) groups excluding carboxylic acids is 4. The molecule has 1 saturated heterocycles. The molecule has 2 aliphatic rings. The molecule has 2 fully saturated rings. The van der Waals surface area contributed by atoms with Crippen LogP contribution in [0.1, 0.15) is 65.7 Å². The largest absolute Gasteiger partial charge is 0.354 e. The van der Waals surface area contributed by atoms with Crippen LogP contribution in [0, 0.1) is 11.8 Å². The molecule has 1 heterocycles. The lowest BCUT2D eigenvalue weighted by molar-refractivity contribution is -0.136. The molecule has 0 aromatic carbocycles. The number of hydrogen-bond acceptors (Lipinski definition) is 4. The van der Waals surface area contributed by atoms with E-state index in [2.05, 4.69) is 10.6 Å². The van der Waals surface area contributed by atoms with Crippen molar-refractivity contribution in [3.05, 3.63) is 11.6 Å². The second kappa shape index (κ2) is 12.6. The summed E-state index contributed by atoms with van der Waals surface area (Å²) in [7, 11) is 1.67. The third-order valence-electron chi connectivity index (χ3n) is 6.72. The predicted molar refractivity (Wildman–Crippen MR) is 124 cm³/mol. The Morgan fingerprint density at radius 1 is 1.09 bits per heavy atom. The summed E-state index contributed by atoms with van der Waals surface area (Å²) in [6.45, 7) is 6.88. The first-order valence-electron chi connectivity index (χ1n) is 12.0. The topological polar surface area (TPSA) is 98.8 Å². The van der Waals surface area contributed by atoms with Crippen molar-refractivity contribution in [2.75, 3.05) is 26.7 Å². The molecule has 1 saturated carbocycles. The van der Waals surface area contributed by atoms with E-state index in [0.717, 1.165) is 6.42 Å². The number of likely N-dealkylation sites (N-methyl/N-ethyl adjacent to an activating group) is 1. The van der Waals surface area contributed by atoms with Crippen LogP contribution in [0.15, 0.2) is 11.6 Å². The van der Waals surface area contributed by atoms with Crippen molar-refractivity contribution in [2.45, 2.75) is 77.8 Å². The van der Waals surface area contributed by atoms with E-state index >= 15 is 0 Å². The van der Waals surface area contributed by atoms with E-state index in [-0.39, 0.29) is 36.2 Å². The Kier molecular flexibility index (Phi) is 10.2. The summed E-state index contributed by atoms with van der Waals surface area (Å²) in [4.78, 5) is 52.1. The Labute approximate surface area is 192 Å². The first-order valence-corrected chi connectivity index (χ1v) is 12.0. The van der Waals surface area contributed by atoms with Gasteiger partial charge in [0.1, 0.15) is 6.04 Å².